The third kappa shape index (κ3) is 4.85. The third-order valence-corrected chi connectivity index (χ3v) is 6.23. The highest BCUT2D eigenvalue weighted by Crippen LogP contribution is 2.35. The number of esters is 1. The molecule has 1 fully saturated rings. The van der Waals surface area contributed by atoms with Crippen molar-refractivity contribution in [1.29, 1.82) is 0 Å². The Balaban J connectivity index is 1.72. The quantitative estimate of drug-likeness (QED) is 0.551. The Morgan fingerprint density at radius 3 is 2.64 bits per heavy atom. The number of piperidine rings is 1. The summed E-state index contributed by atoms with van der Waals surface area (Å²) in [5, 5.41) is 10.9. The van der Waals surface area contributed by atoms with Crippen molar-refractivity contribution in [2.75, 3.05) is 19.7 Å². The molecule has 0 aliphatic carbocycles. The van der Waals surface area contributed by atoms with Gasteiger partial charge in [0.2, 0.25) is 0 Å². The van der Waals surface area contributed by atoms with Gasteiger partial charge in [0.15, 0.2) is 0 Å². The summed E-state index contributed by atoms with van der Waals surface area (Å²) in [6.45, 7) is 5.44. The largest absolute Gasteiger partial charge is 0.507 e. The Labute approximate surface area is 192 Å². The van der Waals surface area contributed by atoms with Gasteiger partial charge in [-0.25, -0.2) is 0 Å². The van der Waals surface area contributed by atoms with Crippen LogP contribution in [0.5, 0.6) is 5.75 Å². The number of aromatic nitrogens is 2. The van der Waals surface area contributed by atoms with Crippen molar-refractivity contribution in [2.45, 2.75) is 39.3 Å². The number of carbonyl (C=O) groups excluding carboxylic acids is 1. The van der Waals surface area contributed by atoms with E-state index in [2.05, 4.69) is 9.88 Å². The number of hydrogen-bond acceptors (Lipinski definition) is 7. The molecule has 1 aliphatic rings. The maximum atomic E-state index is 13.7. The van der Waals surface area contributed by atoms with Gasteiger partial charge in [-0.15, -0.1) is 0 Å². The molecule has 1 atom stereocenters. The lowest BCUT2D eigenvalue weighted by atomic mass is 9.91. The fourth-order valence-corrected chi connectivity index (χ4v) is 4.54. The van der Waals surface area contributed by atoms with E-state index in [0.717, 1.165) is 5.56 Å². The van der Waals surface area contributed by atoms with Crippen LogP contribution in [0.15, 0.2) is 58.2 Å². The Morgan fingerprint density at radius 1 is 1.27 bits per heavy atom. The molecule has 0 spiro atoms. The number of ether oxygens (including phenoxy) is 1. The summed E-state index contributed by atoms with van der Waals surface area (Å²) < 4.78 is 12.3. The van der Waals surface area contributed by atoms with Gasteiger partial charge in [-0.1, -0.05) is 0 Å². The zero-order chi connectivity index (χ0) is 23.4. The number of aryl methyl sites for hydroxylation is 1. The van der Waals surface area contributed by atoms with E-state index in [1.165, 1.54) is 0 Å². The van der Waals surface area contributed by atoms with Crippen molar-refractivity contribution < 1.29 is 19.1 Å². The first-order valence-corrected chi connectivity index (χ1v) is 11.3. The fraction of sp³-hybridized carbons (Fsp3) is 0.400. The van der Waals surface area contributed by atoms with Gasteiger partial charge in [0, 0.05) is 18.1 Å². The summed E-state index contributed by atoms with van der Waals surface area (Å²) in [4.78, 5) is 32.2. The predicted molar refractivity (Wildman–Crippen MR) is 122 cm³/mol. The Kier molecular flexibility index (Phi) is 6.93. The molecule has 4 heterocycles. The third-order valence-electron chi connectivity index (χ3n) is 6.23. The first-order chi connectivity index (χ1) is 16.0. The minimum atomic E-state index is -0.466. The molecule has 3 aromatic rings. The molecule has 0 saturated carbocycles. The lowest BCUT2D eigenvalue weighted by Gasteiger charge is -2.37. The standard InChI is InChI=1S/C25H29N3O5/c1-3-32-25(31)19-8-12-27(13-9-19)23(18-6-10-26-11-7-18)22-21(29)15-17(2)28(24(22)30)16-20-5-4-14-33-20/h4-7,10-11,14-15,19,23,29H,3,8-9,12-13,16H2,1-2H3/t23-/m1/s1. The van der Waals surface area contributed by atoms with Crippen LogP contribution in [-0.4, -0.2) is 45.2 Å². The van der Waals surface area contributed by atoms with Gasteiger partial charge < -0.3 is 18.8 Å². The number of pyridine rings is 2. The normalized spacial score (nSPS) is 15.9. The molecular weight excluding hydrogens is 422 g/mol. The molecule has 8 heteroatoms. The number of hydrogen-bond donors (Lipinski definition) is 1. The smallest absolute Gasteiger partial charge is 0.309 e. The van der Waals surface area contributed by atoms with E-state index in [4.69, 9.17) is 9.15 Å². The van der Waals surface area contributed by atoms with Gasteiger partial charge >= 0.3 is 5.97 Å². The second-order valence-corrected chi connectivity index (χ2v) is 8.30. The van der Waals surface area contributed by atoms with E-state index in [0.29, 0.717) is 49.6 Å². The molecule has 4 rings (SSSR count). The average molecular weight is 452 g/mol. The van der Waals surface area contributed by atoms with Gasteiger partial charge in [0.25, 0.3) is 5.56 Å². The van der Waals surface area contributed by atoms with Crippen molar-refractivity contribution in [1.82, 2.24) is 14.5 Å². The first-order valence-electron chi connectivity index (χ1n) is 11.3. The lowest BCUT2D eigenvalue weighted by molar-refractivity contribution is -0.149. The number of carbonyl (C=O) groups is 1. The molecule has 174 valence electrons. The zero-order valence-electron chi connectivity index (χ0n) is 18.9. The van der Waals surface area contributed by atoms with E-state index in [1.807, 2.05) is 18.2 Å². The highest BCUT2D eigenvalue weighted by Gasteiger charge is 2.34. The van der Waals surface area contributed by atoms with Crippen LogP contribution in [0.4, 0.5) is 0 Å². The summed E-state index contributed by atoms with van der Waals surface area (Å²) in [7, 11) is 0. The summed E-state index contributed by atoms with van der Waals surface area (Å²) in [6, 6.07) is 8.48. The van der Waals surface area contributed by atoms with Crippen molar-refractivity contribution in [3.05, 3.63) is 81.9 Å². The molecule has 8 nitrogen and oxygen atoms in total. The van der Waals surface area contributed by atoms with Crippen molar-refractivity contribution in [3.63, 3.8) is 0 Å². The van der Waals surface area contributed by atoms with Crippen LogP contribution in [0, 0.1) is 12.8 Å². The van der Waals surface area contributed by atoms with Crippen LogP contribution in [-0.2, 0) is 16.1 Å². The summed E-state index contributed by atoms with van der Waals surface area (Å²) in [6.07, 6.45) is 6.20. The molecule has 1 saturated heterocycles. The predicted octanol–water partition coefficient (Wildman–Crippen LogP) is 3.26. The molecule has 1 N–H and O–H groups in total. The Hall–Kier alpha value is -3.39. The summed E-state index contributed by atoms with van der Waals surface area (Å²) in [5.41, 5.74) is 1.55. The van der Waals surface area contributed by atoms with Crippen LogP contribution in [0.2, 0.25) is 0 Å². The molecule has 0 bridgehead atoms. The van der Waals surface area contributed by atoms with E-state index in [-0.39, 0.29) is 29.7 Å². The Morgan fingerprint density at radius 2 is 2.00 bits per heavy atom. The summed E-state index contributed by atoms with van der Waals surface area (Å²) >= 11 is 0. The zero-order valence-corrected chi connectivity index (χ0v) is 18.9. The number of aromatic hydroxyl groups is 1. The minimum Gasteiger partial charge on any atom is -0.507 e. The van der Waals surface area contributed by atoms with E-state index < -0.39 is 6.04 Å². The fourth-order valence-electron chi connectivity index (χ4n) is 4.54. The highest BCUT2D eigenvalue weighted by molar-refractivity contribution is 5.72. The van der Waals surface area contributed by atoms with E-state index in [1.54, 1.807) is 49.2 Å². The molecular formula is C25H29N3O5. The maximum Gasteiger partial charge on any atom is 0.309 e. The van der Waals surface area contributed by atoms with Gasteiger partial charge in [-0.2, -0.15) is 0 Å². The van der Waals surface area contributed by atoms with Crippen LogP contribution in [0.25, 0.3) is 0 Å². The molecule has 0 unspecified atom stereocenters. The van der Waals surface area contributed by atoms with Gasteiger partial charge in [-0.3, -0.25) is 19.5 Å². The molecule has 0 aromatic carbocycles. The number of nitrogens with zero attached hydrogens (tertiary/aromatic N) is 3. The van der Waals surface area contributed by atoms with E-state index in [9.17, 15) is 14.7 Å². The first kappa shape index (κ1) is 22.8. The van der Waals surface area contributed by atoms with Crippen molar-refractivity contribution in [2.24, 2.45) is 5.92 Å². The maximum absolute atomic E-state index is 13.7. The van der Waals surface area contributed by atoms with Crippen molar-refractivity contribution in [3.8, 4) is 5.75 Å². The average Bonchev–Trinajstić information content (AvgIpc) is 3.34. The second kappa shape index (κ2) is 10.0. The SMILES string of the molecule is CCOC(=O)C1CCN([C@H](c2ccncc2)c2c(O)cc(C)n(Cc3ccco3)c2=O)CC1. The lowest BCUT2D eigenvalue weighted by Crippen LogP contribution is -2.42. The summed E-state index contributed by atoms with van der Waals surface area (Å²) in [5.74, 6) is 0.299. The Bertz CT molecular complexity index is 1130. The van der Waals surface area contributed by atoms with E-state index >= 15 is 0 Å². The molecule has 1 aliphatic heterocycles. The van der Waals surface area contributed by atoms with Crippen molar-refractivity contribution >= 4 is 5.97 Å². The number of furan rings is 1. The molecule has 33 heavy (non-hydrogen) atoms. The van der Waals surface area contributed by atoms with Gasteiger partial charge in [-0.05, 0) is 75.7 Å². The number of likely N-dealkylation sites (tertiary alicyclic amines) is 1. The number of rotatable bonds is 7. The second-order valence-electron chi connectivity index (χ2n) is 8.30. The molecule has 0 radical (unpaired) electrons. The van der Waals surface area contributed by atoms with Crippen LogP contribution in [0.1, 0.15) is 48.4 Å². The van der Waals surface area contributed by atoms with Crippen LogP contribution < -0.4 is 5.56 Å². The molecule has 3 aromatic heterocycles. The topological polar surface area (TPSA) is 97.8 Å². The highest BCUT2D eigenvalue weighted by atomic mass is 16.5. The van der Waals surface area contributed by atoms with Crippen LogP contribution in [0.3, 0.4) is 0 Å². The minimum absolute atomic E-state index is 0.0393. The molecule has 0 amide bonds. The van der Waals surface area contributed by atoms with Gasteiger partial charge in [0.05, 0.1) is 36.9 Å². The monoisotopic (exact) mass is 451 g/mol. The van der Waals surface area contributed by atoms with Gasteiger partial charge in [0.1, 0.15) is 11.5 Å². The van der Waals surface area contributed by atoms with Crippen LogP contribution >= 0.6 is 0 Å².